The molecule has 2 heterocycles. The van der Waals surface area contributed by atoms with Gasteiger partial charge in [0.25, 0.3) is 0 Å². The summed E-state index contributed by atoms with van der Waals surface area (Å²) in [6.07, 6.45) is 1.75. The van der Waals surface area contributed by atoms with Gasteiger partial charge in [0.15, 0.2) is 0 Å². The van der Waals surface area contributed by atoms with Crippen molar-refractivity contribution in [3.63, 3.8) is 0 Å². The fraction of sp³-hybridized carbons (Fsp3) is 0.727. The Labute approximate surface area is 99.5 Å². The molecule has 0 saturated carbocycles. The molecule has 4 nitrogen and oxygen atoms in total. The van der Waals surface area contributed by atoms with Crippen LogP contribution in [0.15, 0.2) is 5.38 Å². The molecular formula is C11H17NO3S. The fourth-order valence-electron chi connectivity index (χ4n) is 1.92. The van der Waals surface area contributed by atoms with Crippen LogP contribution in [-0.2, 0) is 19.8 Å². The third-order valence-electron chi connectivity index (χ3n) is 2.86. The Kier molecular flexibility index (Phi) is 3.59. The monoisotopic (exact) mass is 243 g/mol. The maximum Gasteiger partial charge on any atom is 0.201 e. The number of hydrogen-bond donors (Lipinski definition) is 0. The fourth-order valence-corrected chi connectivity index (χ4v) is 2.89. The zero-order chi connectivity index (χ0) is 11.6. The molecule has 1 fully saturated rings. The lowest BCUT2D eigenvalue weighted by atomic mass is 10.0. The van der Waals surface area contributed by atoms with E-state index in [2.05, 4.69) is 11.9 Å². The average molecular weight is 243 g/mol. The number of ether oxygens (including phenoxy) is 3. The maximum atomic E-state index is 5.75. The van der Waals surface area contributed by atoms with Crippen LogP contribution >= 0.6 is 11.3 Å². The Morgan fingerprint density at radius 2 is 2.25 bits per heavy atom. The number of nitrogens with zero attached hydrogens (tertiary/aromatic N) is 1. The van der Waals surface area contributed by atoms with E-state index in [4.69, 9.17) is 14.2 Å². The summed E-state index contributed by atoms with van der Waals surface area (Å²) in [5.74, 6) is 0. The van der Waals surface area contributed by atoms with Gasteiger partial charge in [0.1, 0.15) is 16.3 Å². The van der Waals surface area contributed by atoms with Gasteiger partial charge in [-0.05, 0) is 19.8 Å². The Morgan fingerprint density at radius 1 is 1.50 bits per heavy atom. The van der Waals surface area contributed by atoms with Gasteiger partial charge in [-0.2, -0.15) is 0 Å². The third kappa shape index (κ3) is 2.13. The van der Waals surface area contributed by atoms with Crippen molar-refractivity contribution >= 4 is 11.3 Å². The van der Waals surface area contributed by atoms with Gasteiger partial charge in [-0.1, -0.05) is 0 Å². The van der Waals surface area contributed by atoms with Gasteiger partial charge in [-0.25, -0.2) is 4.98 Å². The van der Waals surface area contributed by atoms with Crippen molar-refractivity contribution in [3.8, 4) is 0 Å². The number of rotatable bonds is 4. The van der Waals surface area contributed by atoms with E-state index in [0.717, 1.165) is 30.2 Å². The molecule has 1 saturated heterocycles. The second-order valence-electron chi connectivity index (χ2n) is 4.06. The molecule has 0 radical (unpaired) electrons. The molecule has 0 aliphatic carbocycles. The molecule has 1 unspecified atom stereocenters. The van der Waals surface area contributed by atoms with Gasteiger partial charge in [0, 0.05) is 26.2 Å². The number of aromatic nitrogens is 1. The number of hydrogen-bond acceptors (Lipinski definition) is 5. The van der Waals surface area contributed by atoms with E-state index >= 15 is 0 Å². The van der Waals surface area contributed by atoms with Gasteiger partial charge in [0.2, 0.25) is 6.29 Å². The van der Waals surface area contributed by atoms with Crippen LogP contribution in [0.4, 0.5) is 0 Å². The third-order valence-corrected chi connectivity index (χ3v) is 3.97. The summed E-state index contributed by atoms with van der Waals surface area (Å²) < 4.78 is 16.1. The summed E-state index contributed by atoms with van der Waals surface area (Å²) in [4.78, 5) is 4.55. The van der Waals surface area contributed by atoms with Gasteiger partial charge in [-0.3, -0.25) is 0 Å². The molecule has 1 aliphatic heterocycles. The zero-order valence-electron chi connectivity index (χ0n) is 9.86. The first-order chi connectivity index (χ1) is 7.69. The Bertz CT molecular complexity index is 343. The molecule has 90 valence electrons. The molecule has 1 aromatic rings. The predicted octanol–water partition coefficient (Wildman–Crippen LogP) is 2.46. The van der Waals surface area contributed by atoms with Crippen LogP contribution in [0, 0.1) is 0 Å². The van der Waals surface area contributed by atoms with Crippen molar-refractivity contribution in [2.45, 2.75) is 31.7 Å². The van der Waals surface area contributed by atoms with E-state index in [9.17, 15) is 0 Å². The van der Waals surface area contributed by atoms with Crippen LogP contribution in [0.25, 0.3) is 0 Å². The first-order valence-corrected chi connectivity index (χ1v) is 6.23. The largest absolute Gasteiger partial charge is 0.368 e. The second-order valence-corrected chi connectivity index (χ2v) is 4.92. The van der Waals surface area contributed by atoms with Crippen LogP contribution in [-0.4, -0.2) is 25.8 Å². The van der Waals surface area contributed by atoms with Crippen LogP contribution in [0.5, 0.6) is 0 Å². The van der Waals surface area contributed by atoms with Gasteiger partial charge >= 0.3 is 0 Å². The van der Waals surface area contributed by atoms with E-state index in [1.807, 2.05) is 5.38 Å². The Hall–Kier alpha value is -0.490. The van der Waals surface area contributed by atoms with Crippen molar-refractivity contribution in [1.82, 2.24) is 4.98 Å². The zero-order valence-corrected chi connectivity index (χ0v) is 10.7. The van der Waals surface area contributed by atoms with Crippen molar-refractivity contribution in [2.75, 3.05) is 20.8 Å². The van der Waals surface area contributed by atoms with E-state index in [0.29, 0.717) is 0 Å². The van der Waals surface area contributed by atoms with Crippen molar-refractivity contribution in [3.05, 3.63) is 16.1 Å². The molecule has 2 rings (SSSR count). The normalized spacial score (nSPS) is 25.5. The van der Waals surface area contributed by atoms with Crippen LogP contribution in [0.2, 0.25) is 0 Å². The summed E-state index contributed by atoms with van der Waals surface area (Å²) in [5.41, 5.74) is 0.608. The van der Waals surface area contributed by atoms with Crippen LogP contribution < -0.4 is 0 Å². The SMILES string of the molecule is COC(OC)c1csc(C2(C)CCCO2)n1. The average Bonchev–Trinajstić information content (AvgIpc) is 2.90. The van der Waals surface area contributed by atoms with E-state index < -0.39 is 0 Å². The minimum atomic E-state index is -0.380. The first kappa shape index (κ1) is 12.0. The van der Waals surface area contributed by atoms with Crippen molar-refractivity contribution in [2.24, 2.45) is 0 Å². The van der Waals surface area contributed by atoms with Crippen molar-refractivity contribution in [1.29, 1.82) is 0 Å². The molecule has 1 aromatic heterocycles. The summed E-state index contributed by atoms with van der Waals surface area (Å²) in [6.45, 7) is 2.92. The molecule has 1 atom stereocenters. The molecule has 0 aromatic carbocycles. The maximum absolute atomic E-state index is 5.75. The molecule has 0 spiro atoms. The molecule has 1 aliphatic rings. The predicted molar refractivity (Wildman–Crippen MR) is 61.4 cm³/mol. The lowest BCUT2D eigenvalue weighted by Crippen LogP contribution is -2.19. The van der Waals surface area contributed by atoms with Gasteiger partial charge in [-0.15, -0.1) is 11.3 Å². The molecule has 0 bridgehead atoms. The molecule has 16 heavy (non-hydrogen) atoms. The lowest BCUT2D eigenvalue weighted by molar-refractivity contribution is -0.108. The minimum absolute atomic E-state index is 0.213. The Morgan fingerprint density at radius 3 is 2.81 bits per heavy atom. The highest BCUT2D eigenvalue weighted by Crippen LogP contribution is 2.38. The topological polar surface area (TPSA) is 40.6 Å². The van der Waals surface area contributed by atoms with Crippen LogP contribution in [0.1, 0.15) is 36.8 Å². The van der Waals surface area contributed by atoms with Gasteiger partial charge < -0.3 is 14.2 Å². The first-order valence-electron chi connectivity index (χ1n) is 5.35. The Balaban J connectivity index is 2.18. The van der Waals surface area contributed by atoms with E-state index in [1.54, 1.807) is 25.6 Å². The number of methoxy groups -OCH3 is 2. The molecule has 5 heteroatoms. The highest BCUT2D eigenvalue weighted by Gasteiger charge is 2.35. The minimum Gasteiger partial charge on any atom is -0.368 e. The summed E-state index contributed by atoms with van der Waals surface area (Å²) in [5, 5.41) is 2.99. The molecule has 0 amide bonds. The quantitative estimate of drug-likeness (QED) is 0.762. The highest BCUT2D eigenvalue weighted by molar-refractivity contribution is 7.09. The standard InChI is InChI=1S/C11H17NO3S/c1-11(5-4-6-15-11)10-12-8(7-16-10)9(13-2)14-3/h7,9H,4-6H2,1-3H3. The summed E-state index contributed by atoms with van der Waals surface area (Å²) in [7, 11) is 3.22. The van der Waals surface area contributed by atoms with E-state index in [1.165, 1.54) is 0 Å². The number of thiazole rings is 1. The van der Waals surface area contributed by atoms with Crippen LogP contribution in [0.3, 0.4) is 0 Å². The summed E-state index contributed by atoms with van der Waals surface area (Å²) in [6, 6.07) is 0. The van der Waals surface area contributed by atoms with E-state index in [-0.39, 0.29) is 11.9 Å². The lowest BCUT2D eigenvalue weighted by Gasteiger charge is -2.19. The summed E-state index contributed by atoms with van der Waals surface area (Å²) >= 11 is 1.61. The second kappa shape index (κ2) is 4.79. The van der Waals surface area contributed by atoms with Gasteiger partial charge in [0.05, 0.1) is 0 Å². The highest BCUT2D eigenvalue weighted by atomic mass is 32.1. The smallest absolute Gasteiger partial charge is 0.201 e. The van der Waals surface area contributed by atoms with Crippen molar-refractivity contribution < 1.29 is 14.2 Å². The molecular weight excluding hydrogens is 226 g/mol. The molecule has 0 N–H and O–H groups in total.